The topological polar surface area (TPSA) is 57.5 Å². The number of aliphatic hydroxyl groups is 1. The van der Waals surface area contributed by atoms with Crippen LogP contribution in [-0.2, 0) is 16.6 Å². The Hall–Kier alpha value is -1.35. The van der Waals surface area contributed by atoms with E-state index >= 15 is 0 Å². The zero-order valence-corrected chi connectivity index (χ0v) is 14.6. The van der Waals surface area contributed by atoms with E-state index in [0.717, 1.165) is 24.8 Å². The van der Waals surface area contributed by atoms with Crippen LogP contribution in [0.1, 0.15) is 69.6 Å². The lowest BCUT2D eigenvalue weighted by atomic mass is 9.50. The first-order valence-corrected chi connectivity index (χ1v) is 8.72. The number of aryl methyl sites for hydroxylation is 1. The number of ketones is 1. The van der Waals surface area contributed by atoms with E-state index in [1.54, 1.807) is 0 Å². The van der Waals surface area contributed by atoms with Crippen LogP contribution in [0.15, 0.2) is 12.1 Å². The van der Waals surface area contributed by atoms with Gasteiger partial charge in [-0.25, -0.2) is 0 Å². The van der Waals surface area contributed by atoms with Gasteiger partial charge >= 0.3 is 0 Å². The third-order valence-electron chi connectivity index (χ3n) is 6.61. The van der Waals surface area contributed by atoms with Gasteiger partial charge in [-0.1, -0.05) is 33.8 Å². The summed E-state index contributed by atoms with van der Waals surface area (Å²) in [4.78, 5) is 12.4. The molecule has 126 valence electrons. The largest absolute Gasteiger partial charge is 0.508 e. The Labute approximate surface area is 138 Å². The Morgan fingerprint density at radius 2 is 1.96 bits per heavy atom. The minimum atomic E-state index is -0.294. The summed E-state index contributed by atoms with van der Waals surface area (Å²) >= 11 is 0. The minimum Gasteiger partial charge on any atom is -0.508 e. The highest BCUT2D eigenvalue weighted by Crippen LogP contribution is 2.56. The van der Waals surface area contributed by atoms with Crippen molar-refractivity contribution in [2.45, 2.75) is 64.7 Å². The molecule has 0 saturated heterocycles. The van der Waals surface area contributed by atoms with Gasteiger partial charge in [0.1, 0.15) is 11.5 Å². The summed E-state index contributed by atoms with van der Waals surface area (Å²) in [7, 11) is 0. The minimum absolute atomic E-state index is 0.0355. The van der Waals surface area contributed by atoms with Crippen LogP contribution in [0.3, 0.4) is 0 Å². The summed E-state index contributed by atoms with van der Waals surface area (Å²) in [6, 6.07) is 3.99. The van der Waals surface area contributed by atoms with Gasteiger partial charge in [0.05, 0.1) is 0 Å². The molecule has 0 amide bonds. The lowest BCUT2D eigenvalue weighted by Gasteiger charge is -2.53. The van der Waals surface area contributed by atoms with E-state index in [0.29, 0.717) is 18.1 Å². The van der Waals surface area contributed by atoms with Gasteiger partial charge in [0, 0.05) is 24.4 Å². The van der Waals surface area contributed by atoms with Crippen molar-refractivity contribution in [1.29, 1.82) is 0 Å². The Balaban J connectivity index is 2.11. The van der Waals surface area contributed by atoms with Crippen molar-refractivity contribution >= 4 is 5.78 Å². The number of carbonyl (C=O) groups excluding carboxylic acids is 1. The van der Waals surface area contributed by atoms with E-state index in [-0.39, 0.29) is 29.1 Å². The number of hydrogen-bond donors (Lipinski definition) is 2. The van der Waals surface area contributed by atoms with Gasteiger partial charge in [-0.3, -0.25) is 4.79 Å². The number of phenols is 1. The number of aromatic hydroxyl groups is 1. The Morgan fingerprint density at radius 3 is 2.61 bits per heavy atom. The van der Waals surface area contributed by atoms with Crippen LogP contribution in [0.25, 0.3) is 0 Å². The molecule has 3 atom stereocenters. The molecule has 2 aliphatic carbocycles. The van der Waals surface area contributed by atoms with E-state index in [2.05, 4.69) is 26.8 Å². The number of rotatable bonds is 2. The molecule has 2 aliphatic rings. The van der Waals surface area contributed by atoms with Crippen molar-refractivity contribution < 1.29 is 15.0 Å². The van der Waals surface area contributed by atoms with E-state index < -0.39 is 0 Å². The van der Waals surface area contributed by atoms with Crippen LogP contribution < -0.4 is 0 Å². The second kappa shape index (κ2) is 5.34. The van der Waals surface area contributed by atoms with Crippen LogP contribution in [-0.4, -0.2) is 22.6 Å². The third kappa shape index (κ3) is 2.32. The van der Waals surface area contributed by atoms with E-state index in [9.17, 15) is 15.0 Å². The molecule has 0 aliphatic heterocycles. The molecule has 3 heteroatoms. The fraction of sp³-hybridized carbons (Fsp3) is 0.650. The fourth-order valence-corrected chi connectivity index (χ4v) is 5.05. The Kier molecular flexibility index (Phi) is 3.83. The zero-order chi connectivity index (χ0) is 17.0. The number of Topliss-reactive ketones (excluding diaryl/α,β-unsaturated/α-hetero) is 1. The van der Waals surface area contributed by atoms with Crippen molar-refractivity contribution in [3.05, 3.63) is 28.8 Å². The average molecular weight is 316 g/mol. The summed E-state index contributed by atoms with van der Waals surface area (Å²) in [6.07, 6.45) is 3.44. The molecule has 3 nitrogen and oxygen atoms in total. The highest BCUT2D eigenvalue weighted by molar-refractivity contribution is 5.86. The third-order valence-corrected chi connectivity index (χ3v) is 6.61. The first-order valence-electron chi connectivity index (χ1n) is 8.72. The van der Waals surface area contributed by atoms with Crippen LogP contribution in [0.5, 0.6) is 5.75 Å². The van der Waals surface area contributed by atoms with E-state index in [1.807, 2.05) is 13.0 Å². The molecule has 23 heavy (non-hydrogen) atoms. The SMILES string of the molecule is CC(CO)c1cc2c(cc1O)[C@@]1(C)CCC(=O)C(C)(C)[C@@H]1CC2. The maximum absolute atomic E-state index is 12.4. The van der Waals surface area contributed by atoms with Crippen molar-refractivity contribution in [2.75, 3.05) is 6.61 Å². The molecule has 1 aromatic rings. The highest BCUT2D eigenvalue weighted by Gasteiger charge is 2.53. The van der Waals surface area contributed by atoms with Crippen molar-refractivity contribution in [3.63, 3.8) is 0 Å². The second-order valence-corrected chi connectivity index (χ2v) is 8.31. The van der Waals surface area contributed by atoms with Gasteiger partial charge < -0.3 is 10.2 Å². The monoisotopic (exact) mass is 316 g/mol. The van der Waals surface area contributed by atoms with Gasteiger partial charge in [0.15, 0.2) is 0 Å². The number of benzene rings is 1. The second-order valence-electron chi connectivity index (χ2n) is 8.31. The summed E-state index contributed by atoms with van der Waals surface area (Å²) in [6.45, 7) is 8.40. The predicted molar refractivity (Wildman–Crippen MR) is 90.8 cm³/mol. The number of carbonyl (C=O) groups is 1. The summed E-state index contributed by atoms with van der Waals surface area (Å²) < 4.78 is 0. The molecular formula is C20H28O3. The molecule has 1 aromatic carbocycles. The lowest BCUT2D eigenvalue weighted by molar-refractivity contribution is -0.137. The Bertz CT molecular complexity index is 647. The molecule has 0 aromatic heterocycles. The Morgan fingerprint density at radius 1 is 1.26 bits per heavy atom. The standard InChI is InChI=1S/C20H28O3/c1-12(11-21)14-9-13-5-6-17-19(2,3)18(23)7-8-20(17,4)15(13)10-16(14)22/h9-10,12,17,21-22H,5-8,11H2,1-4H3/t12?,17-,20+/m0/s1. The molecule has 2 N–H and O–H groups in total. The quantitative estimate of drug-likeness (QED) is 0.874. The molecule has 0 radical (unpaired) electrons. The highest BCUT2D eigenvalue weighted by atomic mass is 16.3. The van der Waals surface area contributed by atoms with E-state index in [4.69, 9.17) is 0 Å². The maximum atomic E-state index is 12.4. The number of aliphatic hydroxyl groups excluding tert-OH is 1. The first-order chi connectivity index (χ1) is 10.7. The molecule has 0 bridgehead atoms. The molecule has 0 spiro atoms. The smallest absolute Gasteiger partial charge is 0.138 e. The normalized spacial score (nSPS) is 30.5. The lowest BCUT2D eigenvalue weighted by Crippen LogP contribution is -2.52. The average Bonchev–Trinajstić information content (AvgIpc) is 2.51. The molecule has 1 saturated carbocycles. The summed E-state index contributed by atoms with van der Waals surface area (Å²) in [5.41, 5.74) is 2.98. The molecule has 0 heterocycles. The molecule has 1 unspecified atom stereocenters. The zero-order valence-electron chi connectivity index (χ0n) is 14.6. The van der Waals surface area contributed by atoms with Crippen LogP contribution in [0.4, 0.5) is 0 Å². The first kappa shape index (κ1) is 16.5. The maximum Gasteiger partial charge on any atom is 0.138 e. The van der Waals surface area contributed by atoms with Gasteiger partial charge in [0.2, 0.25) is 0 Å². The van der Waals surface area contributed by atoms with Gasteiger partial charge in [-0.15, -0.1) is 0 Å². The summed E-state index contributed by atoms with van der Waals surface area (Å²) in [5, 5.41) is 19.9. The molecule has 3 rings (SSSR count). The van der Waals surface area contributed by atoms with Crippen LogP contribution in [0.2, 0.25) is 0 Å². The van der Waals surface area contributed by atoms with Gasteiger partial charge in [-0.05, 0) is 53.4 Å². The fourth-order valence-electron chi connectivity index (χ4n) is 5.05. The van der Waals surface area contributed by atoms with Crippen molar-refractivity contribution in [2.24, 2.45) is 11.3 Å². The summed E-state index contributed by atoms with van der Waals surface area (Å²) in [5.74, 6) is 0.916. The number of fused-ring (bicyclic) bond motifs is 3. The molecule has 1 fully saturated rings. The van der Waals surface area contributed by atoms with Gasteiger partial charge in [-0.2, -0.15) is 0 Å². The molecular weight excluding hydrogens is 288 g/mol. The predicted octanol–water partition coefficient (Wildman–Crippen LogP) is 3.70. The number of phenolic OH excluding ortho intramolecular Hbond substituents is 1. The van der Waals surface area contributed by atoms with E-state index in [1.165, 1.54) is 11.1 Å². The van der Waals surface area contributed by atoms with Crippen LogP contribution in [0, 0.1) is 11.3 Å². The van der Waals surface area contributed by atoms with Gasteiger partial charge in [0.25, 0.3) is 0 Å². The van der Waals surface area contributed by atoms with Crippen molar-refractivity contribution in [1.82, 2.24) is 0 Å². The number of hydrogen-bond acceptors (Lipinski definition) is 3. The van der Waals surface area contributed by atoms with Crippen LogP contribution >= 0.6 is 0 Å². The van der Waals surface area contributed by atoms with Crippen molar-refractivity contribution in [3.8, 4) is 5.75 Å².